The van der Waals surface area contributed by atoms with Crippen LogP contribution in [0.25, 0.3) is 0 Å². The second-order valence-corrected chi connectivity index (χ2v) is 11.4. The molecule has 1 atom stereocenters. The first-order chi connectivity index (χ1) is 16.2. The molecule has 0 radical (unpaired) electrons. The molecule has 0 saturated carbocycles. The molecule has 5 nitrogen and oxygen atoms in total. The highest BCUT2D eigenvalue weighted by molar-refractivity contribution is 8.02. The fourth-order valence-corrected chi connectivity index (χ4v) is 6.67. The molecule has 0 unspecified atom stereocenters. The summed E-state index contributed by atoms with van der Waals surface area (Å²) in [5.74, 6) is 0.383. The van der Waals surface area contributed by atoms with Gasteiger partial charge in [-0.05, 0) is 50.6 Å². The quantitative estimate of drug-likeness (QED) is 0.512. The Morgan fingerprint density at radius 1 is 1.03 bits per heavy atom. The largest absolute Gasteiger partial charge is 0.497 e. The average Bonchev–Trinajstić information content (AvgIpc) is 3.25. The molecule has 2 aliphatic heterocycles. The number of rotatable bonds is 4. The second-order valence-electron chi connectivity index (χ2n) is 9.53. The maximum Gasteiger partial charge on any atom is 0.268 e. The normalized spacial score (nSPS) is 20.6. The van der Waals surface area contributed by atoms with Gasteiger partial charge in [0.1, 0.15) is 5.75 Å². The topological polar surface area (TPSA) is 49.9 Å². The summed E-state index contributed by atoms with van der Waals surface area (Å²) in [5.41, 5.74) is 4.38. The summed E-state index contributed by atoms with van der Waals surface area (Å²) in [6.45, 7) is 7.14. The number of methoxy groups -OCH3 is 1. The Morgan fingerprint density at radius 3 is 2.53 bits per heavy atom. The Balaban J connectivity index is 1.65. The van der Waals surface area contributed by atoms with Gasteiger partial charge in [0, 0.05) is 22.4 Å². The predicted molar refractivity (Wildman–Crippen MR) is 136 cm³/mol. The summed E-state index contributed by atoms with van der Waals surface area (Å²) >= 11 is 1.58. The van der Waals surface area contributed by atoms with Crippen LogP contribution in [0.5, 0.6) is 5.75 Å². The van der Waals surface area contributed by atoms with E-state index >= 15 is 0 Å². The number of amides is 2. The zero-order chi connectivity index (χ0) is 24.1. The Morgan fingerprint density at radius 2 is 1.79 bits per heavy atom. The number of thioether (sulfide) groups is 1. The minimum absolute atomic E-state index is 0.0659. The van der Waals surface area contributed by atoms with Crippen molar-refractivity contribution < 1.29 is 14.3 Å². The molecule has 6 heteroatoms. The number of nitrogens with zero attached hydrogens (tertiary/aromatic N) is 2. The molecule has 1 spiro atoms. The van der Waals surface area contributed by atoms with Gasteiger partial charge in [0.25, 0.3) is 11.8 Å². The fraction of sp³-hybridized carbons (Fsp3) is 0.286. The van der Waals surface area contributed by atoms with Crippen LogP contribution in [0, 0.1) is 6.92 Å². The van der Waals surface area contributed by atoms with Crippen molar-refractivity contribution in [3.8, 4) is 5.75 Å². The van der Waals surface area contributed by atoms with Gasteiger partial charge >= 0.3 is 0 Å². The molecule has 1 fully saturated rings. The summed E-state index contributed by atoms with van der Waals surface area (Å²) in [6.07, 6.45) is 0. The Hall–Kier alpha value is -3.25. The van der Waals surface area contributed by atoms with Crippen molar-refractivity contribution in [3.63, 3.8) is 0 Å². The molecule has 0 N–H and O–H groups in total. The number of carbonyl (C=O) groups excluding carboxylic acids is 2. The van der Waals surface area contributed by atoms with Crippen molar-refractivity contribution in [3.05, 3.63) is 95.1 Å². The van der Waals surface area contributed by atoms with Gasteiger partial charge in [-0.2, -0.15) is 0 Å². The summed E-state index contributed by atoms with van der Waals surface area (Å²) in [4.78, 5) is 30.8. The number of anilines is 1. The number of hydrogen-bond donors (Lipinski definition) is 0. The van der Waals surface area contributed by atoms with Crippen LogP contribution in [-0.2, 0) is 16.2 Å². The first-order valence-corrected chi connectivity index (χ1v) is 12.2. The number of hydrogen-bond acceptors (Lipinski definition) is 4. The molecule has 174 valence electrons. The van der Waals surface area contributed by atoms with Gasteiger partial charge in [0.05, 0.1) is 19.3 Å². The molecule has 2 heterocycles. The first kappa shape index (κ1) is 22.5. The fourth-order valence-electron chi connectivity index (χ4n) is 4.95. The van der Waals surface area contributed by atoms with Crippen LogP contribution in [0.15, 0.2) is 72.8 Å². The molecule has 3 aromatic carbocycles. The van der Waals surface area contributed by atoms with Crippen LogP contribution in [0.4, 0.5) is 5.69 Å². The minimum atomic E-state index is -1.11. The lowest BCUT2D eigenvalue weighted by atomic mass is 10.0. The molecule has 3 aromatic rings. The smallest absolute Gasteiger partial charge is 0.268 e. The highest BCUT2D eigenvalue weighted by Crippen LogP contribution is 2.60. The molecule has 0 aliphatic carbocycles. The minimum Gasteiger partial charge on any atom is -0.497 e. The number of carbonyl (C=O) groups is 2. The first-order valence-electron chi connectivity index (χ1n) is 11.4. The third-order valence-electron chi connectivity index (χ3n) is 6.43. The maximum absolute atomic E-state index is 14.3. The van der Waals surface area contributed by atoms with Crippen LogP contribution >= 0.6 is 11.8 Å². The van der Waals surface area contributed by atoms with Crippen molar-refractivity contribution in [1.29, 1.82) is 0 Å². The molecule has 2 aliphatic rings. The van der Waals surface area contributed by atoms with Crippen molar-refractivity contribution in [2.24, 2.45) is 0 Å². The van der Waals surface area contributed by atoms with E-state index in [0.717, 1.165) is 22.4 Å². The number of aryl methyl sites for hydroxylation is 1. The van der Waals surface area contributed by atoms with Crippen LogP contribution in [-0.4, -0.2) is 35.1 Å². The molecular formula is C28H28N2O3S. The van der Waals surface area contributed by atoms with Gasteiger partial charge < -0.3 is 14.5 Å². The van der Waals surface area contributed by atoms with Gasteiger partial charge in [-0.15, -0.1) is 11.8 Å². The zero-order valence-corrected chi connectivity index (χ0v) is 20.7. The zero-order valence-electron chi connectivity index (χ0n) is 19.9. The summed E-state index contributed by atoms with van der Waals surface area (Å²) in [6, 6.07) is 23.2. The van der Waals surface area contributed by atoms with Crippen molar-refractivity contribution in [2.45, 2.75) is 36.9 Å². The summed E-state index contributed by atoms with van der Waals surface area (Å²) in [7, 11) is 1.58. The highest BCUT2D eigenvalue weighted by atomic mass is 32.2. The molecule has 0 bridgehead atoms. The van der Waals surface area contributed by atoms with Gasteiger partial charge in [0.15, 0.2) is 4.87 Å². The van der Waals surface area contributed by atoms with Gasteiger partial charge in [-0.25, -0.2) is 0 Å². The van der Waals surface area contributed by atoms with Gasteiger partial charge in [0.2, 0.25) is 0 Å². The summed E-state index contributed by atoms with van der Waals surface area (Å²) in [5, 5.41) is 0. The van der Waals surface area contributed by atoms with Crippen LogP contribution in [0.3, 0.4) is 0 Å². The Bertz CT molecular complexity index is 1270. The van der Waals surface area contributed by atoms with Crippen molar-refractivity contribution >= 4 is 29.3 Å². The number of benzene rings is 3. The van der Waals surface area contributed by atoms with Crippen LogP contribution in [0.2, 0.25) is 0 Å². The molecule has 1 saturated heterocycles. The van der Waals surface area contributed by atoms with E-state index in [0.29, 0.717) is 24.4 Å². The lowest BCUT2D eigenvalue weighted by molar-refractivity contribution is -0.123. The molecule has 2 amide bonds. The van der Waals surface area contributed by atoms with Gasteiger partial charge in [-0.1, -0.05) is 54.1 Å². The summed E-state index contributed by atoms with van der Waals surface area (Å²) < 4.78 is 5.05. The van der Waals surface area contributed by atoms with E-state index in [1.165, 1.54) is 0 Å². The number of fused-ring (bicyclic) bond motifs is 2. The lowest BCUT2D eigenvalue weighted by Gasteiger charge is -2.33. The van der Waals surface area contributed by atoms with E-state index in [4.69, 9.17) is 4.74 Å². The molecule has 34 heavy (non-hydrogen) atoms. The maximum atomic E-state index is 14.3. The van der Waals surface area contributed by atoms with E-state index in [9.17, 15) is 9.59 Å². The van der Waals surface area contributed by atoms with Crippen molar-refractivity contribution in [1.82, 2.24) is 4.90 Å². The SMILES string of the molecule is COc1cccc(C(=O)N2CC(C)(C)S[C@]23C(=O)N(Cc2ccccc2)c2ccc(C)cc23)c1. The third-order valence-corrected chi connectivity index (χ3v) is 8.02. The molecule has 0 aromatic heterocycles. The molecule has 5 rings (SSSR count). The molecular weight excluding hydrogens is 444 g/mol. The Labute approximate surface area is 204 Å². The standard InChI is InChI=1S/C28H28N2O3S/c1-19-13-14-24-23(15-19)28(26(32)29(24)17-20-9-6-5-7-10-20)30(18-27(2,3)34-28)25(31)21-11-8-12-22(16-21)33-4/h5-16H,17-18H2,1-4H3/t28-/m1/s1. The van der Waals surface area contributed by atoms with E-state index in [2.05, 4.69) is 19.9 Å². The monoisotopic (exact) mass is 472 g/mol. The van der Waals surface area contributed by atoms with E-state index in [1.807, 2.05) is 66.4 Å². The highest BCUT2D eigenvalue weighted by Gasteiger charge is 2.63. The second kappa shape index (κ2) is 8.20. The predicted octanol–water partition coefficient (Wildman–Crippen LogP) is 5.37. The van der Waals surface area contributed by atoms with E-state index in [-0.39, 0.29) is 16.6 Å². The van der Waals surface area contributed by atoms with E-state index in [1.54, 1.807) is 35.9 Å². The number of ether oxygens (including phenoxy) is 1. The van der Waals surface area contributed by atoms with Crippen LogP contribution in [0.1, 0.15) is 40.9 Å². The van der Waals surface area contributed by atoms with Gasteiger partial charge in [-0.3, -0.25) is 9.59 Å². The Kier molecular flexibility index (Phi) is 5.44. The average molecular weight is 473 g/mol. The van der Waals surface area contributed by atoms with Crippen molar-refractivity contribution in [2.75, 3.05) is 18.6 Å². The lowest BCUT2D eigenvalue weighted by Crippen LogP contribution is -2.50. The third kappa shape index (κ3) is 3.57. The van der Waals surface area contributed by atoms with Crippen LogP contribution < -0.4 is 9.64 Å². The van der Waals surface area contributed by atoms with E-state index < -0.39 is 4.87 Å².